The van der Waals surface area contributed by atoms with Crippen molar-refractivity contribution in [1.82, 2.24) is 20.2 Å². The molecule has 0 atom stereocenters. The summed E-state index contributed by atoms with van der Waals surface area (Å²) in [5.74, 6) is 2.73. The van der Waals surface area contributed by atoms with Gasteiger partial charge in [-0.15, -0.1) is 10.2 Å². The van der Waals surface area contributed by atoms with E-state index in [1.165, 1.54) is 0 Å². The van der Waals surface area contributed by atoms with Gasteiger partial charge in [0.15, 0.2) is 0 Å². The van der Waals surface area contributed by atoms with Crippen LogP contribution in [0.3, 0.4) is 0 Å². The van der Waals surface area contributed by atoms with Gasteiger partial charge >= 0.3 is 0 Å². The first-order valence-electron chi connectivity index (χ1n) is 5.78. The second kappa shape index (κ2) is 4.59. The largest absolute Gasteiger partial charge is 0.481 e. The Morgan fingerprint density at radius 3 is 3.11 bits per heavy atom. The second-order valence-electron chi connectivity index (χ2n) is 4.08. The van der Waals surface area contributed by atoms with Gasteiger partial charge in [-0.2, -0.15) is 4.98 Å². The van der Waals surface area contributed by atoms with Crippen molar-refractivity contribution in [2.45, 2.75) is 25.3 Å². The molecule has 1 N–H and O–H groups in total. The minimum Gasteiger partial charge on any atom is -0.481 e. The van der Waals surface area contributed by atoms with Crippen LogP contribution in [0, 0.1) is 0 Å². The van der Waals surface area contributed by atoms with Gasteiger partial charge in [-0.1, -0.05) is 0 Å². The zero-order chi connectivity index (χ0) is 12.4. The zero-order valence-corrected chi connectivity index (χ0v) is 9.96. The highest BCUT2D eigenvalue weighted by atomic mass is 16.5. The fraction of sp³-hybridized carbons (Fsp3) is 0.455. The SMILES string of the molecule is COc1ccnc(NCc2nnc(C3CC3)o2)n1. The molecule has 7 heteroatoms. The maximum Gasteiger partial charge on any atom is 0.235 e. The van der Waals surface area contributed by atoms with Crippen LogP contribution >= 0.6 is 0 Å². The van der Waals surface area contributed by atoms with Crippen molar-refractivity contribution in [3.05, 3.63) is 24.0 Å². The van der Waals surface area contributed by atoms with Crippen molar-refractivity contribution in [2.75, 3.05) is 12.4 Å². The Morgan fingerprint density at radius 2 is 2.33 bits per heavy atom. The summed E-state index contributed by atoms with van der Waals surface area (Å²) in [5, 5.41) is 11.0. The highest BCUT2D eigenvalue weighted by Gasteiger charge is 2.29. The number of methoxy groups -OCH3 is 1. The molecule has 0 radical (unpaired) electrons. The van der Waals surface area contributed by atoms with E-state index in [4.69, 9.17) is 9.15 Å². The van der Waals surface area contributed by atoms with Gasteiger partial charge in [0.25, 0.3) is 0 Å². The average Bonchev–Trinajstić information content (AvgIpc) is 3.16. The fourth-order valence-corrected chi connectivity index (χ4v) is 1.53. The Morgan fingerprint density at radius 1 is 1.44 bits per heavy atom. The topological polar surface area (TPSA) is 86.0 Å². The molecule has 94 valence electrons. The Balaban J connectivity index is 1.61. The first-order chi connectivity index (χ1) is 8.85. The third kappa shape index (κ3) is 2.39. The maximum absolute atomic E-state index is 5.51. The lowest BCUT2D eigenvalue weighted by Gasteiger charge is -2.02. The molecule has 2 heterocycles. The van der Waals surface area contributed by atoms with Crippen LogP contribution in [0.1, 0.15) is 30.5 Å². The lowest BCUT2D eigenvalue weighted by Crippen LogP contribution is -2.04. The minimum atomic E-state index is 0.410. The van der Waals surface area contributed by atoms with E-state index in [2.05, 4.69) is 25.5 Å². The maximum atomic E-state index is 5.51. The molecule has 0 spiro atoms. The molecule has 3 rings (SSSR count). The van der Waals surface area contributed by atoms with E-state index in [-0.39, 0.29) is 0 Å². The van der Waals surface area contributed by atoms with E-state index in [9.17, 15) is 0 Å². The Labute approximate surface area is 104 Å². The normalized spacial score (nSPS) is 14.5. The molecule has 7 nitrogen and oxygen atoms in total. The molecule has 1 saturated carbocycles. The molecule has 2 aromatic heterocycles. The van der Waals surface area contributed by atoms with E-state index in [1.807, 2.05) is 0 Å². The predicted molar refractivity (Wildman–Crippen MR) is 62.2 cm³/mol. The number of hydrogen-bond donors (Lipinski definition) is 1. The van der Waals surface area contributed by atoms with Crippen LogP contribution in [-0.2, 0) is 6.54 Å². The zero-order valence-electron chi connectivity index (χ0n) is 9.96. The molecule has 0 unspecified atom stereocenters. The summed E-state index contributed by atoms with van der Waals surface area (Å²) >= 11 is 0. The van der Waals surface area contributed by atoms with Gasteiger partial charge in [0, 0.05) is 18.2 Å². The highest BCUT2D eigenvalue weighted by molar-refractivity contribution is 5.27. The van der Waals surface area contributed by atoms with E-state index in [0.717, 1.165) is 18.7 Å². The number of rotatable bonds is 5. The lowest BCUT2D eigenvalue weighted by molar-refractivity contribution is 0.397. The van der Waals surface area contributed by atoms with Gasteiger partial charge < -0.3 is 14.5 Å². The van der Waals surface area contributed by atoms with E-state index in [0.29, 0.717) is 30.2 Å². The Hall–Kier alpha value is -2.18. The number of aromatic nitrogens is 4. The summed E-state index contributed by atoms with van der Waals surface area (Å²) in [5.41, 5.74) is 0. The Kier molecular flexibility index (Phi) is 2.79. The molecular weight excluding hydrogens is 234 g/mol. The molecular formula is C11H13N5O2. The van der Waals surface area contributed by atoms with Gasteiger partial charge in [0.2, 0.25) is 23.6 Å². The third-order valence-corrected chi connectivity index (χ3v) is 2.65. The number of ether oxygens (including phenoxy) is 1. The van der Waals surface area contributed by atoms with E-state index >= 15 is 0 Å². The van der Waals surface area contributed by atoms with Crippen LogP contribution in [0.5, 0.6) is 5.88 Å². The number of anilines is 1. The number of nitrogens with zero attached hydrogens (tertiary/aromatic N) is 4. The van der Waals surface area contributed by atoms with Gasteiger partial charge in [-0.3, -0.25) is 0 Å². The van der Waals surface area contributed by atoms with Crippen LogP contribution in [-0.4, -0.2) is 27.3 Å². The van der Waals surface area contributed by atoms with Crippen molar-refractivity contribution >= 4 is 5.95 Å². The molecule has 2 aromatic rings. The first kappa shape index (κ1) is 10.9. The highest BCUT2D eigenvalue weighted by Crippen LogP contribution is 2.38. The van der Waals surface area contributed by atoms with Crippen LogP contribution < -0.4 is 10.1 Å². The van der Waals surface area contributed by atoms with Crippen LogP contribution in [0.25, 0.3) is 0 Å². The molecule has 0 saturated heterocycles. The van der Waals surface area contributed by atoms with E-state index in [1.54, 1.807) is 19.4 Å². The number of hydrogen-bond acceptors (Lipinski definition) is 7. The van der Waals surface area contributed by atoms with Crippen molar-refractivity contribution in [2.24, 2.45) is 0 Å². The monoisotopic (exact) mass is 247 g/mol. The second-order valence-corrected chi connectivity index (χ2v) is 4.08. The predicted octanol–water partition coefficient (Wildman–Crippen LogP) is 1.36. The molecule has 18 heavy (non-hydrogen) atoms. The molecule has 1 aliphatic carbocycles. The summed E-state index contributed by atoms with van der Waals surface area (Å²) in [6, 6.07) is 1.68. The molecule has 1 aliphatic rings. The standard InChI is InChI=1S/C11H13N5O2/c1-17-8-4-5-12-11(14-8)13-6-9-15-16-10(18-9)7-2-3-7/h4-5,7H,2-3,6H2,1H3,(H,12,13,14). The van der Waals surface area contributed by atoms with E-state index < -0.39 is 0 Å². The average molecular weight is 247 g/mol. The van der Waals surface area contributed by atoms with Gasteiger partial charge in [0.1, 0.15) is 0 Å². The number of nitrogens with one attached hydrogen (secondary N) is 1. The molecule has 0 bridgehead atoms. The third-order valence-electron chi connectivity index (χ3n) is 2.65. The molecule has 0 aliphatic heterocycles. The molecule has 1 fully saturated rings. The smallest absolute Gasteiger partial charge is 0.235 e. The summed E-state index contributed by atoms with van der Waals surface area (Å²) in [6.07, 6.45) is 3.92. The summed E-state index contributed by atoms with van der Waals surface area (Å²) in [6.45, 7) is 0.410. The van der Waals surface area contributed by atoms with Crippen LogP contribution in [0.4, 0.5) is 5.95 Å². The van der Waals surface area contributed by atoms with Gasteiger partial charge in [0.05, 0.1) is 13.7 Å². The van der Waals surface area contributed by atoms with Gasteiger partial charge in [-0.25, -0.2) is 4.98 Å². The molecule has 0 aromatic carbocycles. The summed E-state index contributed by atoms with van der Waals surface area (Å²) < 4.78 is 10.5. The lowest BCUT2D eigenvalue weighted by atomic mass is 10.4. The summed E-state index contributed by atoms with van der Waals surface area (Å²) in [4.78, 5) is 8.19. The van der Waals surface area contributed by atoms with Crippen LogP contribution in [0.2, 0.25) is 0 Å². The first-order valence-corrected chi connectivity index (χ1v) is 5.78. The van der Waals surface area contributed by atoms with Crippen molar-refractivity contribution in [3.63, 3.8) is 0 Å². The van der Waals surface area contributed by atoms with Gasteiger partial charge in [-0.05, 0) is 12.8 Å². The van der Waals surface area contributed by atoms with Crippen molar-refractivity contribution in [1.29, 1.82) is 0 Å². The molecule has 0 amide bonds. The summed E-state index contributed by atoms with van der Waals surface area (Å²) in [7, 11) is 1.56. The minimum absolute atomic E-state index is 0.410. The quantitative estimate of drug-likeness (QED) is 0.853. The Bertz CT molecular complexity index is 538. The fourth-order valence-electron chi connectivity index (χ4n) is 1.53. The van der Waals surface area contributed by atoms with Crippen molar-refractivity contribution in [3.8, 4) is 5.88 Å². The van der Waals surface area contributed by atoms with Crippen molar-refractivity contribution < 1.29 is 9.15 Å². The van der Waals surface area contributed by atoms with Crippen LogP contribution in [0.15, 0.2) is 16.7 Å².